The predicted octanol–water partition coefficient (Wildman–Crippen LogP) is 3.03. The summed E-state index contributed by atoms with van der Waals surface area (Å²) in [5, 5.41) is 3.35. The van der Waals surface area contributed by atoms with E-state index in [4.69, 9.17) is 21.1 Å². The van der Waals surface area contributed by atoms with Gasteiger partial charge >= 0.3 is 0 Å². The van der Waals surface area contributed by atoms with E-state index in [9.17, 15) is 0 Å². The second kappa shape index (κ2) is 5.32. The van der Waals surface area contributed by atoms with Gasteiger partial charge in [0.25, 0.3) is 0 Å². The van der Waals surface area contributed by atoms with Crippen LogP contribution in [0.15, 0.2) is 30.5 Å². The Labute approximate surface area is 115 Å². The molecule has 0 aliphatic carbocycles. The van der Waals surface area contributed by atoms with E-state index in [-0.39, 0.29) is 5.28 Å². The van der Waals surface area contributed by atoms with Crippen LogP contribution in [0.2, 0.25) is 5.28 Å². The minimum atomic E-state index is 0.208. The Morgan fingerprint density at radius 2 is 1.95 bits per heavy atom. The summed E-state index contributed by atoms with van der Waals surface area (Å²) < 4.78 is 11.2. The first-order chi connectivity index (χ1) is 9.31. The minimum Gasteiger partial charge on any atom is -0.490 e. The third-order valence-electron chi connectivity index (χ3n) is 2.65. The highest BCUT2D eigenvalue weighted by atomic mass is 35.5. The molecule has 1 N–H and O–H groups in total. The van der Waals surface area contributed by atoms with Crippen molar-refractivity contribution in [1.82, 2.24) is 9.97 Å². The summed E-state index contributed by atoms with van der Waals surface area (Å²) in [4.78, 5) is 7.90. The molecule has 98 valence electrons. The largest absolute Gasteiger partial charge is 0.490 e. The summed E-state index contributed by atoms with van der Waals surface area (Å²) in [6.45, 7) is 1.34. The molecular weight excluding hydrogens is 266 g/mol. The lowest BCUT2D eigenvalue weighted by Crippen LogP contribution is -1.97. The van der Waals surface area contributed by atoms with E-state index in [2.05, 4.69) is 15.3 Å². The first-order valence-corrected chi connectivity index (χ1v) is 6.34. The average molecular weight is 278 g/mol. The van der Waals surface area contributed by atoms with Gasteiger partial charge in [-0.2, -0.15) is 0 Å². The van der Waals surface area contributed by atoms with E-state index >= 15 is 0 Å². The zero-order chi connectivity index (χ0) is 13.1. The van der Waals surface area contributed by atoms with E-state index in [0.717, 1.165) is 23.6 Å². The maximum absolute atomic E-state index is 5.74. The Hall–Kier alpha value is -2.01. The van der Waals surface area contributed by atoms with Crippen LogP contribution in [0.3, 0.4) is 0 Å². The molecule has 0 fully saturated rings. The number of halogens is 1. The van der Waals surface area contributed by atoms with Crippen LogP contribution < -0.4 is 14.8 Å². The Bertz CT molecular complexity index is 592. The van der Waals surface area contributed by atoms with Crippen molar-refractivity contribution >= 4 is 23.1 Å². The van der Waals surface area contributed by atoms with Crippen LogP contribution in [0.25, 0.3) is 0 Å². The molecule has 0 unspecified atom stereocenters. The van der Waals surface area contributed by atoms with Crippen molar-refractivity contribution in [1.29, 1.82) is 0 Å². The third-order valence-corrected chi connectivity index (χ3v) is 2.83. The number of nitrogens with zero attached hydrogens (tertiary/aromatic N) is 2. The van der Waals surface area contributed by atoms with Crippen LogP contribution in [0, 0.1) is 0 Å². The number of hydrogen-bond acceptors (Lipinski definition) is 5. The second-order valence-electron chi connectivity index (χ2n) is 4.05. The highest BCUT2D eigenvalue weighted by Gasteiger charge is 2.10. The molecule has 0 saturated heterocycles. The third kappa shape index (κ3) is 2.88. The van der Waals surface area contributed by atoms with Crippen LogP contribution in [-0.4, -0.2) is 23.2 Å². The summed E-state index contributed by atoms with van der Waals surface area (Å²) in [6, 6.07) is 7.42. The monoisotopic (exact) mass is 277 g/mol. The zero-order valence-corrected chi connectivity index (χ0v) is 10.9. The van der Waals surface area contributed by atoms with E-state index in [0.29, 0.717) is 19.0 Å². The Morgan fingerprint density at radius 3 is 2.79 bits per heavy atom. The fourth-order valence-electron chi connectivity index (χ4n) is 1.79. The summed E-state index contributed by atoms with van der Waals surface area (Å²) in [6.07, 6.45) is 2.49. The molecule has 0 saturated carbocycles. The van der Waals surface area contributed by atoms with Gasteiger partial charge in [0.05, 0.1) is 13.2 Å². The smallest absolute Gasteiger partial charge is 0.224 e. The number of nitrogens with one attached hydrogen (secondary N) is 1. The van der Waals surface area contributed by atoms with Gasteiger partial charge in [-0.15, -0.1) is 0 Å². The number of aromatic nitrogens is 2. The van der Waals surface area contributed by atoms with Gasteiger partial charge < -0.3 is 14.8 Å². The molecule has 5 nitrogen and oxygen atoms in total. The second-order valence-corrected chi connectivity index (χ2v) is 4.39. The molecular formula is C13H12ClN3O2. The van der Waals surface area contributed by atoms with Gasteiger partial charge in [-0.05, 0) is 29.8 Å². The molecule has 19 heavy (non-hydrogen) atoms. The van der Waals surface area contributed by atoms with Gasteiger partial charge in [0.1, 0.15) is 5.82 Å². The van der Waals surface area contributed by atoms with Crippen LogP contribution in [0.4, 0.5) is 11.5 Å². The number of hydrogen-bond donors (Lipinski definition) is 1. The van der Waals surface area contributed by atoms with Gasteiger partial charge in [-0.1, -0.05) is 0 Å². The van der Waals surface area contributed by atoms with Crippen molar-refractivity contribution in [2.45, 2.75) is 6.42 Å². The van der Waals surface area contributed by atoms with Crippen LogP contribution in [0.1, 0.15) is 6.42 Å². The van der Waals surface area contributed by atoms with Gasteiger partial charge in [-0.25, -0.2) is 9.97 Å². The average Bonchev–Trinajstić information content (AvgIpc) is 2.63. The minimum absolute atomic E-state index is 0.208. The highest BCUT2D eigenvalue weighted by molar-refractivity contribution is 6.28. The molecule has 0 atom stereocenters. The number of rotatable bonds is 2. The van der Waals surface area contributed by atoms with Crippen molar-refractivity contribution in [3.8, 4) is 11.5 Å². The molecule has 1 aromatic carbocycles. The van der Waals surface area contributed by atoms with E-state index in [1.165, 1.54) is 0 Å². The SMILES string of the molecule is Clc1nccc(Nc2ccc3c(c2)OCCCO3)n1. The number of anilines is 2. The van der Waals surface area contributed by atoms with Gasteiger partial charge in [0.2, 0.25) is 5.28 Å². The van der Waals surface area contributed by atoms with Gasteiger partial charge in [-0.3, -0.25) is 0 Å². The van der Waals surface area contributed by atoms with Crippen molar-refractivity contribution in [3.05, 3.63) is 35.7 Å². The molecule has 1 aliphatic heterocycles. The summed E-state index contributed by atoms with van der Waals surface area (Å²) in [5.41, 5.74) is 0.860. The van der Waals surface area contributed by atoms with Crippen molar-refractivity contribution < 1.29 is 9.47 Å². The topological polar surface area (TPSA) is 56.3 Å². The molecule has 2 aromatic rings. The molecule has 1 aromatic heterocycles. The number of benzene rings is 1. The summed E-state index contributed by atoms with van der Waals surface area (Å²) in [5.74, 6) is 2.14. The van der Waals surface area contributed by atoms with Crippen LogP contribution >= 0.6 is 11.6 Å². The van der Waals surface area contributed by atoms with Gasteiger partial charge in [0.15, 0.2) is 11.5 Å². The van der Waals surface area contributed by atoms with Crippen molar-refractivity contribution in [2.75, 3.05) is 18.5 Å². The fourth-order valence-corrected chi connectivity index (χ4v) is 1.94. The van der Waals surface area contributed by atoms with Crippen molar-refractivity contribution in [2.24, 2.45) is 0 Å². The first kappa shape index (κ1) is 12.0. The Balaban J connectivity index is 1.84. The molecule has 2 heterocycles. The maximum atomic E-state index is 5.74. The first-order valence-electron chi connectivity index (χ1n) is 5.96. The Kier molecular flexibility index (Phi) is 3.37. The molecule has 3 rings (SSSR count). The highest BCUT2D eigenvalue weighted by Crippen LogP contribution is 2.33. The van der Waals surface area contributed by atoms with Crippen LogP contribution in [0.5, 0.6) is 11.5 Å². The molecule has 0 amide bonds. The predicted molar refractivity (Wildman–Crippen MR) is 72.4 cm³/mol. The summed E-state index contributed by atoms with van der Waals surface area (Å²) >= 11 is 5.74. The van der Waals surface area contributed by atoms with E-state index < -0.39 is 0 Å². The molecule has 0 radical (unpaired) electrons. The molecule has 0 bridgehead atoms. The summed E-state index contributed by atoms with van der Waals surface area (Å²) in [7, 11) is 0. The lowest BCUT2D eigenvalue weighted by molar-refractivity contribution is 0.297. The quantitative estimate of drug-likeness (QED) is 0.855. The van der Waals surface area contributed by atoms with Crippen LogP contribution in [-0.2, 0) is 0 Å². The fraction of sp³-hybridized carbons (Fsp3) is 0.231. The lowest BCUT2D eigenvalue weighted by Gasteiger charge is -2.10. The van der Waals surface area contributed by atoms with E-state index in [1.54, 1.807) is 12.3 Å². The number of fused-ring (bicyclic) bond motifs is 1. The van der Waals surface area contributed by atoms with E-state index in [1.807, 2.05) is 18.2 Å². The lowest BCUT2D eigenvalue weighted by atomic mass is 10.2. The zero-order valence-electron chi connectivity index (χ0n) is 10.1. The normalized spacial score (nSPS) is 13.7. The van der Waals surface area contributed by atoms with Crippen molar-refractivity contribution in [3.63, 3.8) is 0 Å². The molecule has 1 aliphatic rings. The number of ether oxygens (including phenoxy) is 2. The molecule has 0 spiro atoms. The van der Waals surface area contributed by atoms with Gasteiger partial charge in [0, 0.05) is 24.4 Å². The maximum Gasteiger partial charge on any atom is 0.224 e. The Morgan fingerprint density at radius 1 is 1.11 bits per heavy atom. The standard InChI is InChI=1S/C13H12ClN3O2/c14-13-15-5-4-12(17-13)16-9-2-3-10-11(8-9)19-7-1-6-18-10/h2-5,8H,1,6-7H2,(H,15,16,17). The molecule has 6 heteroatoms.